The predicted molar refractivity (Wildman–Crippen MR) is 66.9 cm³/mol. The summed E-state index contributed by atoms with van der Waals surface area (Å²) in [5.74, 6) is 1.93. The molecule has 14 heavy (non-hydrogen) atoms. The zero-order valence-electron chi connectivity index (χ0n) is 6.77. The first-order valence-corrected chi connectivity index (χ1v) is 5.34. The number of hydrogen-bond acceptors (Lipinski definition) is 1. The van der Waals surface area contributed by atoms with E-state index in [2.05, 4.69) is 15.2 Å². The van der Waals surface area contributed by atoms with Crippen LogP contribution in [0.4, 0.5) is 5.69 Å². The van der Waals surface area contributed by atoms with Gasteiger partial charge >= 0.3 is 5.91 Å². The lowest BCUT2D eigenvalue weighted by Gasteiger charge is -2.03. The highest BCUT2D eigenvalue weighted by atomic mass is 127. The van der Waals surface area contributed by atoms with E-state index in [4.69, 9.17) is 23.2 Å². The van der Waals surface area contributed by atoms with Crippen LogP contribution in [0.15, 0.2) is 18.2 Å². The van der Waals surface area contributed by atoms with Crippen molar-refractivity contribution in [1.29, 1.82) is 0 Å². The van der Waals surface area contributed by atoms with Crippen molar-refractivity contribution in [2.45, 2.75) is 0 Å². The maximum absolute atomic E-state index is 11.1. The monoisotopic (exact) mass is 339 g/mol. The molecule has 1 aromatic rings. The zero-order valence-corrected chi connectivity index (χ0v) is 10.4. The summed E-state index contributed by atoms with van der Waals surface area (Å²) in [6.45, 7) is 0. The Labute approximate surface area is 105 Å². The van der Waals surface area contributed by atoms with E-state index in [1.165, 1.54) is 0 Å². The van der Waals surface area contributed by atoms with Crippen molar-refractivity contribution in [3.63, 3.8) is 0 Å². The molecule has 0 saturated heterocycles. The molecule has 0 aliphatic rings. The van der Waals surface area contributed by atoms with Crippen LogP contribution >= 0.6 is 45.8 Å². The third-order valence-electron chi connectivity index (χ3n) is 1.34. The Morgan fingerprint density at radius 1 is 1.43 bits per heavy atom. The van der Waals surface area contributed by atoms with Gasteiger partial charge in [-0.3, -0.25) is 4.79 Å². The minimum Gasteiger partial charge on any atom is -0.314 e. The van der Waals surface area contributed by atoms with Gasteiger partial charge in [-0.15, -0.1) is 0 Å². The molecule has 0 fully saturated rings. The molecule has 0 aliphatic carbocycles. The minimum absolute atomic E-state index is 0.390. The van der Waals surface area contributed by atoms with Crippen LogP contribution in [0.2, 0.25) is 10.0 Å². The molecule has 0 spiro atoms. The lowest BCUT2D eigenvalue weighted by Crippen LogP contribution is -2.08. The Balaban J connectivity index is 2.85. The van der Waals surface area contributed by atoms with Crippen molar-refractivity contribution >= 4 is 57.4 Å². The van der Waals surface area contributed by atoms with Gasteiger partial charge in [0.2, 0.25) is 0 Å². The normalized spacial score (nSPS) is 8.79. The molecule has 72 valence electrons. The standard InChI is InChI=1S/C9H4Cl2INO/c10-6-1-2-8(7(11)5-6)13-9(14)3-4-12/h1-2,5H,(H,13,14). The molecule has 0 unspecified atom stereocenters. The Bertz CT molecular complexity index is 423. The van der Waals surface area contributed by atoms with E-state index in [0.717, 1.165) is 0 Å². The molecule has 2 nitrogen and oxygen atoms in total. The van der Waals surface area contributed by atoms with Crippen molar-refractivity contribution in [2.75, 3.05) is 5.32 Å². The van der Waals surface area contributed by atoms with Gasteiger partial charge in [0, 0.05) is 33.5 Å². The number of rotatable bonds is 1. The van der Waals surface area contributed by atoms with E-state index >= 15 is 0 Å². The van der Waals surface area contributed by atoms with Crippen LogP contribution in [0.3, 0.4) is 0 Å². The second kappa shape index (κ2) is 5.44. The fraction of sp³-hybridized carbons (Fsp3) is 0. The number of carbonyl (C=O) groups excluding carboxylic acids is 1. The van der Waals surface area contributed by atoms with E-state index in [9.17, 15) is 4.79 Å². The van der Waals surface area contributed by atoms with E-state index in [-0.39, 0.29) is 0 Å². The number of nitrogens with one attached hydrogen (secondary N) is 1. The van der Waals surface area contributed by atoms with Gasteiger partial charge in [0.25, 0.3) is 0 Å². The quantitative estimate of drug-likeness (QED) is 0.617. The van der Waals surface area contributed by atoms with Crippen molar-refractivity contribution in [3.8, 4) is 9.85 Å². The maximum Gasteiger partial charge on any atom is 0.301 e. The summed E-state index contributed by atoms with van der Waals surface area (Å²) in [6, 6.07) is 4.81. The van der Waals surface area contributed by atoms with Gasteiger partial charge in [-0.25, -0.2) is 0 Å². The Morgan fingerprint density at radius 3 is 2.71 bits per heavy atom. The van der Waals surface area contributed by atoms with Gasteiger partial charge in [0.05, 0.1) is 10.7 Å². The summed E-state index contributed by atoms with van der Waals surface area (Å²) in [4.78, 5) is 11.1. The fourth-order valence-electron chi connectivity index (χ4n) is 0.787. The summed E-state index contributed by atoms with van der Waals surface area (Å²) < 4.78 is 2.46. The van der Waals surface area contributed by atoms with Crippen molar-refractivity contribution in [2.24, 2.45) is 0 Å². The van der Waals surface area contributed by atoms with Crippen molar-refractivity contribution in [3.05, 3.63) is 28.2 Å². The molecule has 0 saturated carbocycles. The topological polar surface area (TPSA) is 29.1 Å². The number of benzene rings is 1. The maximum atomic E-state index is 11.1. The van der Waals surface area contributed by atoms with Crippen LogP contribution in [-0.4, -0.2) is 5.91 Å². The summed E-state index contributed by atoms with van der Waals surface area (Å²) in [5, 5.41) is 3.44. The molecule has 0 aliphatic heterocycles. The first-order chi connectivity index (χ1) is 6.63. The Hall–Kier alpha value is -0.440. The van der Waals surface area contributed by atoms with Crippen LogP contribution in [0.5, 0.6) is 0 Å². The molecule has 0 radical (unpaired) electrons. The van der Waals surface area contributed by atoms with E-state index < -0.39 is 5.91 Å². The van der Waals surface area contributed by atoms with Gasteiger partial charge in [0.1, 0.15) is 0 Å². The van der Waals surface area contributed by atoms with Crippen molar-refractivity contribution < 1.29 is 4.79 Å². The SMILES string of the molecule is O=C(C#CI)Nc1ccc(Cl)cc1Cl. The molecule has 0 heterocycles. The van der Waals surface area contributed by atoms with Crippen LogP contribution in [0.1, 0.15) is 0 Å². The molecule has 1 N–H and O–H groups in total. The fourth-order valence-corrected chi connectivity index (χ4v) is 1.49. The van der Waals surface area contributed by atoms with Gasteiger partial charge in [-0.2, -0.15) is 0 Å². The van der Waals surface area contributed by atoms with Gasteiger partial charge in [0.15, 0.2) is 0 Å². The molecule has 0 atom stereocenters. The molecule has 0 aromatic heterocycles. The first-order valence-electron chi connectivity index (χ1n) is 3.51. The second-order valence-corrected chi connectivity index (χ2v) is 3.68. The number of amides is 1. The van der Waals surface area contributed by atoms with E-state index in [0.29, 0.717) is 15.7 Å². The summed E-state index contributed by atoms with van der Waals surface area (Å²) in [6.07, 6.45) is 0. The second-order valence-electron chi connectivity index (χ2n) is 2.30. The molecular weight excluding hydrogens is 336 g/mol. The van der Waals surface area contributed by atoms with Crippen LogP contribution in [0, 0.1) is 9.85 Å². The third kappa shape index (κ3) is 3.37. The van der Waals surface area contributed by atoms with E-state index in [1.54, 1.807) is 40.8 Å². The highest BCUT2D eigenvalue weighted by Gasteiger charge is 2.03. The zero-order chi connectivity index (χ0) is 10.6. The van der Waals surface area contributed by atoms with Crippen LogP contribution in [-0.2, 0) is 4.79 Å². The van der Waals surface area contributed by atoms with Crippen LogP contribution < -0.4 is 5.32 Å². The predicted octanol–water partition coefficient (Wildman–Crippen LogP) is 3.33. The lowest BCUT2D eigenvalue weighted by atomic mass is 10.3. The number of hydrogen-bond donors (Lipinski definition) is 1. The minimum atomic E-state index is -0.399. The van der Waals surface area contributed by atoms with Gasteiger partial charge < -0.3 is 5.32 Å². The summed E-state index contributed by atoms with van der Waals surface area (Å²) >= 11 is 13.3. The lowest BCUT2D eigenvalue weighted by molar-refractivity contribution is -0.111. The smallest absolute Gasteiger partial charge is 0.301 e. The van der Waals surface area contributed by atoms with Crippen molar-refractivity contribution in [1.82, 2.24) is 0 Å². The highest BCUT2D eigenvalue weighted by molar-refractivity contribution is 14.1. The van der Waals surface area contributed by atoms with Gasteiger partial charge in [-0.05, 0) is 22.1 Å². The molecule has 1 rings (SSSR count). The Kier molecular flexibility index (Phi) is 4.52. The molecule has 5 heteroatoms. The average Bonchev–Trinajstić information content (AvgIpc) is 2.10. The summed E-state index contributed by atoms with van der Waals surface area (Å²) in [7, 11) is 0. The van der Waals surface area contributed by atoms with Gasteiger partial charge in [-0.1, -0.05) is 23.2 Å². The number of anilines is 1. The van der Waals surface area contributed by atoms with E-state index in [1.807, 2.05) is 0 Å². The third-order valence-corrected chi connectivity index (χ3v) is 2.16. The molecule has 0 bridgehead atoms. The highest BCUT2D eigenvalue weighted by Crippen LogP contribution is 2.25. The number of halogens is 3. The molecule has 1 amide bonds. The average molecular weight is 340 g/mol. The molecular formula is C9H4Cl2INO. The largest absolute Gasteiger partial charge is 0.314 e. The number of carbonyl (C=O) groups is 1. The molecule has 1 aromatic carbocycles. The Morgan fingerprint density at radius 2 is 2.14 bits per heavy atom. The first kappa shape index (κ1) is 11.6. The van der Waals surface area contributed by atoms with Crippen LogP contribution in [0.25, 0.3) is 0 Å². The summed E-state index contributed by atoms with van der Waals surface area (Å²) in [5.41, 5.74) is 0.500.